The van der Waals surface area contributed by atoms with Gasteiger partial charge in [0.15, 0.2) is 0 Å². The van der Waals surface area contributed by atoms with E-state index in [1.165, 1.54) is 9.58 Å². The van der Waals surface area contributed by atoms with Crippen LogP contribution in [-0.2, 0) is 9.59 Å². The molecule has 5 rings (SSSR count). The minimum atomic E-state index is -0.832. The van der Waals surface area contributed by atoms with Crippen LogP contribution in [0.15, 0.2) is 47.3 Å². The Labute approximate surface area is 177 Å². The van der Waals surface area contributed by atoms with Crippen molar-refractivity contribution in [1.29, 1.82) is 0 Å². The van der Waals surface area contributed by atoms with Crippen molar-refractivity contribution in [3.63, 3.8) is 0 Å². The Hall–Kier alpha value is -3.94. The zero-order valence-corrected chi connectivity index (χ0v) is 17.4. The maximum atomic E-state index is 13.3. The van der Waals surface area contributed by atoms with Crippen LogP contribution in [-0.4, -0.2) is 31.6 Å². The van der Waals surface area contributed by atoms with Crippen LogP contribution < -0.4 is 10.5 Å². The van der Waals surface area contributed by atoms with E-state index in [0.29, 0.717) is 22.9 Å². The average molecular weight is 415 g/mol. The second-order valence-corrected chi connectivity index (χ2v) is 7.98. The van der Waals surface area contributed by atoms with E-state index in [-0.39, 0.29) is 23.8 Å². The number of amides is 2. The minimum Gasteiger partial charge on any atom is -0.322 e. The number of carbonyl (C=O) groups excluding carboxylic acids is 2. The van der Waals surface area contributed by atoms with Crippen LogP contribution in [0.25, 0.3) is 17.0 Å². The molecule has 0 unspecified atom stereocenters. The van der Waals surface area contributed by atoms with Gasteiger partial charge in [0.25, 0.3) is 5.56 Å². The van der Waals surface area contributed by atoms with Crippen molar-refractivity contribution in [1.82, 2.24) is 19.7 Å². The highest BCUT2D eigenvalue weighted by molar-refractivity contribution is 6.23. The van der Waals surface area contributed by atoms with Gasteiger partial charge in [0, 0.05) is 12.1 Å². The van der Waals surface area contributed by atoms with Gasteiger partial charge in [0.2, 0.25) is 17.8 Å². The number of hydrogen-bond donors (Lipinski definition) is 2. The molecule has 2 amide bonds. The number of nitrogens with one attached hydrogen (secondary N) is 2. The molecule has 1 aliphatic rings. The van der Waals surface area contributed by atoms with Crippen LogP contribution in [0.4, 0.5) is 5.69 Å². The maximum absolute atomic E-state index is 13.3. The average Bonchev–Trinajstić information content (AvgIpc) is 3.37. The van der Waals surface area contributed by atoms with Crippen LogP contribution in [0.3, 0.4) is 0 Å². The summed E-state index contributed by atoms with van der Waals surface area (Å²) in [4.78, 5) is 48.1. The highest BCUT2D eigenvalue weighted by atomic mass is 16.2. The van der Waals surface area contributed by atoms with E-state index < -0.39 is 5.92 Å². The van der Waals surface area contributed by atoms with E-state index in [4.69, 9.17) is 0 Å². The Morgan fingerprint density at radius 1 is 1.03 bits per heavy atom. The summed E-state index contributed by atoms with van der Waals surface area (Å²) in [5.74, 6) is -1.18. The third kappa shape index (κ3) is 2.91. The summed E-state index contributed by atoms with van der Waals surface area (Å²) in [6.45, 7) is 5.50. The van der Waals surface area contributed by atoms with E-state index in [0.717, 1.165) is 22.2 Å². The van der Waals surface area contributed by atoms with Gasteiger partial charge in [-0.05, 0) is 50.1 Å². The Morgan fingerprint density at radius 2 is 1.81 bits per heavy atom. The molecular formula is C23H21N5O3. The second-order valence-electron chi connectivity index (χ2n) is 7.98. The molecule has 2 N–H and O–H groups in total. The summed E-state index contributed by atoms with van der Waals surface area (Å²) in [6.07, 6.45) is -0.0414. The number of nitrogens with zero attached hydrogens (tertiary/aromatic N) is 3. The number of carbonyl (C=O) groups is 2. The number of hydrogen-bond acceptors (Lipinski definition) is 4. The molecule has 8 heteroatoms. The van der Waals surface area contributed by atoms with Gasteiger partial charge in [0.1, 0.15) is 0 Å². The molecule has 156 valence electrons. The lowest BCUT2D eigenvalue weighted by Crippen LogP contribution is -2.31. The standard InChI is InChI=1S/C23H21N5O3/c1-12-8-9-13(2)18(10-12)27-19(29)11-15(21(27)30)20-14(3)26-28(22(20)31)23-24-16-6-4-5-7-17(16)25-23/h4-10,15,26H,11H2,1-3H3,(H,24,25)/t15-/m0/s1. The molecule has 0 saturated carbocycles. The SMILES string of the molecule is Cc1ccc(C)c(N2C(=O)C[C@@H](c3c(C)[nH]n(-c4nc5ccccc5[nH]4)c3=O)C2=O)c1. The molecule has 1 atom stereocenters. The summed E-state index contributed by atoms with van der Waals surface area (Å²) in [5.41, 5.74) is 4.34. The molecular weight excluding hydrogens is 394 g/mol. The number of H-pyrrole nitrogens is 2. The zero-order valence-electron chi connectivity index (χ0n) is 17.4. The first kappa shape index (κ1) is 19.0. The van der Waals surface area contributed by atoms with Gasteiger partial charge in [-0.1, -0.05) is 24.3 Å². The number of imide groups is 1. The van der Waals surface area contributed by atoms with Gasteiger partial charge in [-0.15, -0.1) is 0 Å². The van der Waals surface area contributed by atoms with Gasteiger partial charge in [-0.2, -0.15) is 4.68 Å². The molecule has 2 aromatic carbocycles. The molecule has 1 aliphatic heterocycles. The van der Waals surface area contributed by atoms with Crippen molar-refractivity contribution in [3.05, 3.63) is 75.2 Å². The number of aromatic amines is 2. The summed E-state index contributed by atoms with van der Waals surface area (Å²) >= 11 is 0. The van der Waals surface area contributed by atoms with Gasteiger partial charge in [-0.3, -0.25) is 19.5 Å². The number of fused-ring (bicyclic) bond motifs is 1. The quantitative estimate of drug-likeness (QED) is 0.502. The summed E-state index contributed by atoms with van der Waals surface area (Å²) in [7, 11) is 0. The van der Waals surface area contributed by atoms with Crippen LogP contribution in [0.2, 0.25) is 0 Å². The van der Waals surface area contributed by atoms with Crippen molar-refractivity contribution in [2.24, 2.45) is 0 Å². The van der Waals surface area contributed by atoms with Crippen molar-refractivity contribution < 1.29 is 9.59 Å². The predicted octanol–water partition coefficient (Wildman–Crippen LogP) is 3.01. The number of aromatic nitrogens is 4. The molecule has 8 nitrogen and oxygen atoms in total. The van der Waals surface area contributed by atoms with Crippen LogP contribution in [0.1, 0.15) is 34.7 Å². The first-order valence-corrected chi connectivity index (χ1v) is 10.1. The van der Waals surface area contributed by atoms with Crippen LogP contribution >= 0.6 is 0 Å². The largest absolute Gasteiger partial charge is 0.322 e. The highest BCUT2D eigenvalue weighted by Gasteiger charge is 2.43. The topological polar surface area (TPSA) is 104 Å². The lowest BCUT2D eigenvalue weighted by atomic mass is 9.98. The molecule has 2 aromatic heterocycles. The minimum absolute atomic E-state index is 0.0414. The van der Waals surface area contributed by atoms with Crippen molar-refractivity contribution in [2.45, 2.75) is 33.1 Å². The summed E-state index contributed by atoms with van der Waals surface area (Å²) < 4.78 is 1.29. The second kappa shape index (κ2) is 6.80. The Morgan fingerprint density at radius 3 is 2.58 bits per heavy atom. The fraction of sp³-hybridized carbons (Fsp3) is 0.217. The van der Waals surface area contributed by atoms with Gasteiger partial charge in [-0.25, -0.2) is 9.88 Å². The third-order valence-electron chi connectivity index (χ3n) is 5.81. The van der Waals surface area contributed by atoms with Gasteiger partial charge in [0.05, 0.1) is 28.2 Å². The number of para-hydroxylation sites is 2. The van der Waals surface area contributed by atoms with E-state index in [1.54, 1.807) is 6.92 Å². The van der Waals surface area contributed by atoms with E-state index in [1.807, 2.05) is 56.3 Å². The van der Waals surface area contributed by atoms with Gasteiger partial charge < -0.3 is 4.98 Å². The fourth-order valence-corrected chi connectivity index (χ4v) is 4.24. The Kier molecular flexibility index (Phi) is 4.18. The summed E-state index contributed by atoms with van der Waals surface area (Å²) in [6, 6.07) is 13.1. The number of anilines is 1. The maximum Gasteiger partial charge on any atom is 0.278 e. The lowest BCUT2D eigenvalue weighted by molar-refractivity contribution is -0.121. The number of rotatable bonds is 3. The van der Waals surface area contributed by atoms with Crippen molar-refractivity contribution in [2.75, 3.05) is 4.90 Å². The molecule has 0 bridgehead atoms. The first-order chi connectivity index (χ1) is 14.8. The predicted molar refractivity (Wildman–Crippen MR) is 117 cm³/mol. The fourth-order valence-electron chi connectivity index (χ4n) is 4.24. The zero-order chi connectivity index (χ0) is 21.9. The molecule has 1 fully saturated rings. The Bertz CT molecular complexity index is 1390. The highest BCUT2D eigenvalue weighted by Crippen LogP contribution is 2.35. The monoisotopic (exact) mass is 415 g/mol. The molecule has 4 aromatic rings. The van der Waals surface area contributed by atoms with Crippen LogP contribution in [0, 0.1) is 20.8 Å². The molecule has 0 aliphatic carbocycles. The molecule has 31 heavy (non-hydrogen) atoms. The smallest absolute Gasteiger partial charge is 0.278 e. The van der Waals surface area contributed by atoms with E-state index >= 15 is 0 Å². The molecule has 1 saturated heterocycles. The van der Waals surface area contributed by atoms with Crippen molar-refractivity contribution >= 4 is 28.5 Å². The van der Waals surface area contributed by atoms with E-state index in [2.05, 4.69) is 15.1 Å². The van der Waals surface area contributed by atoms with E-state index in [9.17, 15) is 14.4 Å². The van der Waals surface area contributed by atoms with Crippen molar-refractivity contribution in [3.8, 4) is 5.95 Å². The normalized spacial score (nSPS) is 16.6. The van der Waals surface area contributed by atoms with Gasteiger partial charge >= 0.3 is 0 Å². The summed E-state index contributed by atoms with van der Waals surface area (Å²) in [5, 5.41) is 3.01. The molecule has 0 radical (unpaired) electrons. The first-order valence-electron chi connectivity index (χ1n) is 10.1. The number of aryl methyl sites for hydroxylation is 3. The Balaban J connectivity index is 1.57. The number of benzene rings is 2. The molecule has 3 heterocycles. The molecule has 0 spiro atoms. The van der Waals surface area contributed by atoms with Crippen LogP contribution in [0.5, 0.6) is 0 Å². The lowest BCUT2D eigenvalue weighted by Gasteiger charge is -2.18. The number of imidazole rings is 1. The third-order valence-corrected chi connectivity index (χ3v) is 5.81.